The lowest BCUT2D eigenvalue weighted by molar-refractivity contribution is -0.155. The smallest absolute Gasteiger partial charge is 0.321 e. The molecule has 3 aromatic carbocycles. The molecule has 2 heterocycles. The van der Waals surface area contributed by atoms with Crippen LogP contribution in [0.3, 0.4) is 0 Å². The number of nitrogens with zero attached hydrogens (tertiary/aromatic N) is 1. The summed E-state index contributed by atoms with van der Waals surface area (Å²) in [6.45, 7) is 6.07. The first-order valence-electron chi connectivity index (χ1n) is 11.7. The minimum absolute atomic E-state index is 0.226. The fourth-order valence-corrected chi connectivity index (χ4v) is 5.16. The first kappa shape index (κ1) is 22.8. The van der Waals surface area contributed by atoms with Crippen LogP contribution in [0.5, 0.6) is 11.5 Å². The van der Waals surface area contributed by atoms with Gasteiger partial charge in [-0.25, -0.2) is 4.79 Å². The van der Waals surface area contributed by atoms with Gasteiger partial charge in [0.1, 0.15) is 5.92 Å². The molecule has 7 nitrogen and oxygen atoms in total. The molecule has 0 aliphatic carbocycles. The third kappa shape index (κ3) is 3.87. The summed E-state index contributed by atoms with van der Waals surface area (Å²) in [7, 11) is 1.58. The van der Waals surface area contributed by atoms with Crippen LogP contribution in [0.2, 0.25) is 0 Å². The van der Waals surface area contributed by atoms with Crippen molar-refractivity contribution in [2.75, 3.05) is 12.4 Å². The van der Waals surface area contributed by atoms with Gasteiger partial charge >= 0.3 is 6.03 Å². The minimum Gasteiger partial charge on any atom is -0.493 e. The summed E-state index contributed by atoms with van der Waals surface area (Å²) < 4.78 is 12.1. The van der Waals surface area contributed by atoms with Crippen molar-refractivity contribution in [3.8, 4) is 11.5 Å². The number of ether oxygens (including phenoxy) is 2. The van der Waals surface area contributed by atoms with E-state index in [-0.39, 0.29) is 18.5 Å². The standard InChI is InChI=1S/C28H29N3O4/c1-17-13-14-21(18(2)15-17)29-26(32)23-24-20-11-8-12-22(34-4)25(20)35-28(23,3)31(27(33)30-24)16-19-9-6-5-7-10-19/h5-15,23-24H,16H2,1-4H3,(H,29,32)(H,30,33)/t23-,24+,28+/m1/s1. The van der Waals surface area contributed by atoms with Crippen molar-refractivity contribution in [1.29, 1.82) is 0 Å². The van der Waals surface area contributed by atoms with Gasteiger partial charge in [-0.3, -0.25) is 9.69 Å². The number of amides is 3. The van der Waals surface area contributed by atoms with Gasteiger partial charge in [0, 0.05) is 11.3 Å². The molecule has 35 heavy (non-hydrogen) atoms. The zero-order chi connectivity index (χ0) is 24.7. The lowest BCUT2D eigenvalue weighted by Crippen LogP contribution is -2.71. The number of para-hydroxylation sites is 1. The Labute approximate surface area is 205 Å². The number of hydrogen-bond acceptors (Lipinski definition) is 4. The summed E-state index contributed by atoms with van der Waals surface area (Å²) in [6, 6.07) is 20.2. The van der Waals surface area contributed by atoms with Crippen LogP contribution >= 0.6 is 0 Å². The number of anilines is 1. The molecule has 180 valence electrons. The minimum atomic E-state index is -1.26. The summed E-state index contributed by atoms with van der Waals surface area (Å²) in [5.74, 6) is 0.152. The third-order valence-electron chi connectivity index (χ3n) is 6.95. The van der Waals surface area contributed by atoms with Crippen molar-refractivity contribution in [3.63, 3.8) is 0 Å². The molecule has 2 aliphatic heterocycles. The van der Waals surface area contributed by atoms with E-state index in [9.17, 15) is 9.59 Å². The normalized spacial score (nSPS) is 22.5. The van der Waals surface area contributed by atoms with E-state index in [1.54, 1.807) is 12.0 Å². The van der Waals surface area contributed by atoms with E-state index in [0.29, 0.717) is 11.5 Å². The van der Waals surface area contributed by atoms with E-state index < -0.39 is 17.7 Å². The van der Waals surface area contributed by atoms with Crippen molar-refractivity contribution in [1.82, 2.24) is 10.2 Å². The van der Waals surface area contributed by atoms with Crippen LogP contribution in [0.4, 0.5) is 10.5 Å². The van der Waals surface area contributed by atoms with E-state index in [1.807, 2.05) is 87.5 Å². The van der Waals surface area contributed by atoms with E-state index in [2.05, 4.69) is 10.6 Å². The maximum absolute atomic E-state index is 13.9. The molecule has 0 saturated carbocycles. The van der Waals surface area contributed by atoms with Crippen LogP contribution in [-0.4, -0.2) is 29.7 Å². The Morgan fingerprint density at radius 1 is 1.11 bits per heavy atom. The lowest BCUT2D eigenvalue weighted by atomic mass is 9.78. The molecule has 2 N–H and O–H groups in total. The Morgan fingerprint density at radius 2 is 1.89 bits per heavy atom. The van der Waals surface area contributed by atoms with E-state index in [1.165, 1.54) is 0 Å². The summed E-state index contributed by atoms with van der Waals surface area (Å²) in [6.07, 6.45) is 0. The first-order chi connectivity index (χ1) is 16.8. The number of rotatable bonds is 5. The first-order valence-corrected chi connectivity index (χ1v) is 11.7. The predicted molar refractivity (Wildman–Crippen MR) is 133 cm³/mol. The molecule has 1 saturated heterocycles. The highest BCUT2D eigenvalue weighted by atomic mass is 16.5. The maximum atomic E-state index is 13.9. The van der Waals surface area contributed by atoms with Crippen molar-refractivity contribution >= 4 is 17.6 Å². The number of methoxy groups -OCH3 is 1. The zero-order valence-electron chi connectivity index (χ0n) is 20.3. The van der Waals surface area contributed by atoms with Crippen molar-refractivity contribution in [2.24, 2.45) is 5.92 Å². The highest BCUT2D eigenvalue weighted by Crippen LogP contribution is 2.51. The molecular weight excluding hydrogens is 442 g/mol. The van der Waals surface area contributed by atoms with Crippen LogP contribution in [0.1, 0.15) is 35.2 Å². The van der Waals surface area contributed by atoms with Gasteiger partial charge in [-0.2, -0.15) is 0 Å². The Bertz CT molecular complexity index is 1290. The molecule has 0 aromatic heterocycles. The fraction of sp³-hybridized carbons (Fsp3) is 0.286. The van der Waals surface area contributed by atoms with Crippen LogP contribution in [-0.2, 0) is 11.3 Å². The highest BCUT2D eigenvalue weighted by Gasteiger charge is 2.60. The zero-order valence-corrected chi connectivity index (χ0v) is 20.3. The fourth-order valence-electron chi connectivity index (χ4n) is 5.16. The molecule has 0 radical (unpaired) electrons. The number of nitrogens with one attached hydrogen (secondary N) is 2. The number of fused-ring (bicyclic) bond motifs is 4. The molecule has 2 aliphatic rings. The monoisotopic (exact) mass is 471 g/mol. The third-order valence-corrected chi connectivity index (χ3v) is 6.95. The molecule has 5 rings (SSSR count). The number of urea groups is 1. The van der Waals surface area contributed by atoms with Crippen molar-refractivity contribution in [2.45, 2.75) is 39.1 Å². The van der Waals surface area contributed by atoms with Gasteiger partial charge in [-0.05, 0) is 44.0 Å². The molecule has 0 spiro atoms. The Morgan fingerprint density at radius 3 is 2.60 bits per heavy atom. The van der Waals surface area contributed by atoms with Gasteiger partial charge in [0.05, 0.1) is 19.7 Å². The molecule has 1 fully saturated rings. The lowest BCUT2D eigenvalue weighted by Gasteiger charge is -2.54. The molecule has 7 heteroatoms. The number of benzene rings is 3. The molecule has 3 atom stereocenters. The summed E-state index contributed by atoms with van der Waals surface area (Å²) in [5, 5.41) is 6.17. The number of carbonyl (C=O) groups excluding carboxylic acids is 2. The SMILES string of the molecule is COc1cccc2c1O[C@@]1(C)[C@@H](C(=O)Nc3ccc(C)cc3C)[C@H]2NC(=O)N1Cc1ccccc1. The second-order valence-corrected chi connectivity index (χ2v) is 9.32. The Hall–Kier alpha value is -4.00. The summed E-state index contributed by atoms with van der Waals surface area (Å²) in [4.78, 5) is 28.9. The molecular formula is C28H29N3O4. The summed E-state index contributed by atoms with van der Waals surface area (Å²) >= 11 is 0. The van der Waals surface area contributed by atoms with Crippen LogP contribution in [0.25, 0.3) is 0 Å². The predicted octanol–water partition coefficient (Wildman–Crippen LogP) is 4.94. The molecule has 2 bridgehead atoms. The van der Waals surface area contributed by atoms with Crippen molar-refractivity contribution < 1.29 is 19.1 Å². The van der Waals surface area contributed by atoms with E-state index >= 15 is 0 Å². The largest absolute Gasteiger partial charge is 0.493 e. The number of aryl methyl sites for hydroxylation is 2. The highest BCUT2D eigenvalue weighted by molar-refractivity contribution is 5.96. The van der Waals surface area contributed by atoms with E-state index in [0.717, 1.165) is 27.9 Å². The average molecular weight is 472 g/mol. The Balaban J connectivity index is 1.59. The Kier molecular flexibility index (Phi) is 5.63. The van der Waals surface area contributed by atoms with Crippen LogP contribution in [0, 0.1) is 19.8 Å². The van der Waals surface area contributed by atoms with Gasteiger partial charge in [0.15, 0.2) is 17.2 Å². The molecule has 3 amide bonds. The van der Waals surface area contributed by atoms with Crippen LogP contribution < -0.4 is 20.1 Å². The van der Waals surface area contributed by atoms with Gasteiger partial charge in [0.2, 0.25) is 5.91 Å². The number of carbonyl (C=O) groups is 2. The number of hydrogen-bond donors (Lipinski definition) is 2. The van der Waals surface area contributed by atoms with Gasteiger partial charge in [-0.1, -0.05) is 60.2 Å². The molecule has 0 unspecified atom stereocenters. The summed E-state index contributed by atoms with van der Waals surface area (Å²) in [5.41, 5.74) is 3.22. The maximum Gasteiger partial charge on any atom is 0.321 e. The van der Waals surface area contributed by atoms with Gasteiger partial charge in [0.25, 0.3) is 0 Å². The van der Waals surface area contributed by atoms with Gasteiger partial charge in [-0.15, -0.1) is 0 Å². The van der Waals surface area contributed by atoms with Crippen LogP contribution in [0.15, 0.2) is 66.7 Å². The van der Waals surface area contributed by atoms with E-state index in [4.69, 9.17) is 9.47 Å². The topological polar surface area (TPSA) is 79.9 Å². The van der Waals surface area contributed by atoms with Gasteiger partial charge < -0.3 is 20.1 Å². The quantitative estimate of drug-likeness (QED) is 0.552. The van der Waals surface area contributed by atoms with Crippen molar-refractivity contribution in [3.05, 3.63) is 89.0 Å². The second kappa shape index (κ2) is 8.65. The second-order valence-electron chi connectivity index (χ2n) is 9.32. The average Bonchev–Trinajstić information content (AvgIpc) is 2.83. The molecule has 3 aromatic rings.